The van der Waals surface area contributed by atoms with Gasteiger partial charge >= 0.3 is 0 Å². The Bertz CT molecular complexity index is 481. The summed E-state index contributed by atoms with van der Waals surface area (Å²) in [6.45, 7) is 0. The zero-order valence-electron chi connectivity index (χ0n) is 9.81. The third kappa shape index (κ3) is 2.70. The molecule has 1 atom stereocenters. The van der Waals surface area contributed by atoms with Gasteiger partial charge in [0.25, 0.3) is 0 Å². The first-order chi connectivity index (χ1) is 8.46. The summed E-state index contributed by atoms with van der Waals surface area (Å²) in [5, 5.41) is 0.577. The monoisotopic (exact) mass is 322 g/mol. The molecule has 18 heavy (non-hydrogen) atoms. The first kappa shape index (κ1) is 14.6. The average Bonchev–Trinajstić information content (AvgIpc) is 2.35. The molecule has 1 aliphatic carbocycles. The summed E-state index contributed by atoms with van der Waals surface area (Å²) in [7, 11) is 2.70. The van der Waals surface area contributed by atoms with Crippen molar-refractivity contribution in [1.29, 1.82) is 0 Å². The lowest BCUT2D eigenvalue weighted by Crippen LogP contribution is -2.34. The molecule has 0 N–H and O–H groups in total. The van der Waals surface area contributed by atoms with E-state index in [0.717, 1.165) is 25.7 Å². The maximum absolute atomic E-state index is 12.7. The Hall–Kier alpha value is 0.190. The number of hydrogen-bond acceptors (Lipinski definition) is 1. The van der Waals surface area contributed by atoms with Crippen LogP contribution in [0.4, 0.5) is 0 Å². The number of benzene rings is 1. The van der Waals surface area contributed by atoms with Crippen molar-refractivity contribution in [2.75, 3.05) is 0 Å². The van der Waals surface area contributed by atoms with Crippen LogP contribution in [0, 0.1) is 0 Å². The van der Waals surface area contributed by atoms with E-state index in [1.165, 1.54) is 6.42 Å². The first-order valence-corrected chi connectivity index (χ1v) is 7.64. The summed E-state index contributed by atoms with van der Waals surface area (Å²) in [4.78, 5) is 12.7. The van der Waals surface area contributed by atoms with E-state index in [1.54, 1.807) is 12.1 Å². The second-order valence-electron chi connectivity index (χ2n) is 4.76. The van der Waals surface area contributed by atoms with Crippen molar-refractivity contribution >= 4 is 49.8 Å². The minimum absolute atomic E-state index is 0.00954. The van der Waals surface area contributed by atoms with Gasteiger partial charge in [0.1, 0.15) is 0 Å². The average molecular weight is 324 g/mol. The van der Waals surface area contributed by atoms with Crippen molar-refractivity contribution in [3.8, 4) is 0 Å². The zero-order valence-corrected chi connectivity index (χ0v) is 13.2. The summed E-state index contributed by atoms with van der Waals surface area (Å²) in [5.41, 5.74) is 0.364. The van der Waals surface area contributed by atoms with Crippen LogP contribution in [0.1, 0.15) is 42.5 Å². The lowest BCUT2D eigenvalue weighted by atomic mass is 9.82. The van der Waals surface area contributed by atoms with Crippen molar-refractivity contribution < 1.29 is 4.79 Å². The van der Waals surface area contributed by atoms with Gasteiger partial charge in [-0.25, -0.2) is 0 Å². The fourth-order valence-electron chi connectivity index (χ4n) is 2.39. The number of hydrogen-bond donors (Lipinski definition) is 0. The molecule has 0 aromatic heterocycles. The Morgan fingerprint density at radius 1 is 1.06 bits per heavy atom. The van der Waals surface area contributed by atoms with Gasteiger partial charge in [-0.1, -0.05) is 54.1 Å². The number of ketones is 1. The molecule has 2 rings (SSSR count). The van der Waals surface area contributed by atoms with Crippen molar-refractivity contribution in [2.24, 2.45) is 0 Å². The van der Waals surface area contributed by atoms with Gasteiger partial charge in [0.2, 0.25) is 0 Å². The lowest BCUT2D eigenvalue weighted by Gasteiger charge is -2.32. The van der Waals surface area contributed by atoms with Gasteiger partial charge in [-0.3, -0.25) is 4.79 Å². The summed E-state index contributed by atoms with van der Waals surface area (Å²) >= 11 is 18.2. The van der Waals surface area contributed by atoms with Crippen LogP contribution in [0.3, 0.4) is 0 Å². The standard InChI is InChI=1S/C13H14Cl3OP/c14-8-4-5-9(15)11(16)10(8)12(17)13(18)6-2-1-3-7-13/h4-5H,1-3,6-7,18H2. The van der Waals surface area contributed by atoms with Gasteiger partial charge in [-0.05, 0) is 25.0 Å². The maximum atomic E-state index is 12.7. The molecule has 0 amide bonds. The van der Waals surface area contributed by atoms with Gasteiger partial charge < -0.3 is 0 Å². The third-order valence-corrected chi connectivity index (χ3v) is 5.43. The van der Waals surface area contributed by atoms with Crippen molar-refractivity contribution in [3.63, 3.8) is 0 Å². The second kappa shape index (κ2) is 5.67. The largest absolute Gasteiger partial charge is 0.293 e. The van der Waals surface area contributed by atoms with E-state index in [9.17, 15) is 4.79 Å². The summed E-state index contributed by atoms with van der Waals surface area (Å²) in [6.07, 6.45) is 5.02. The molecule has 0 aliphatic heterocycles. The van der Waals surface area contributed by atoms with E-state index in [1.807, 2.05) is 0 Å². The van der Waals surface area contributed by atoms with Gasteiger partial charge in [-0.15, -0.1) is 9.24 Å². The fourth-order valence-corrected chi connectivity index (χ4v) is 3.65. The molecule has 0 radical (unpaired) electrons. The predicted molar refractivity (Wildman–Crippen MR) is 81.3 cm³/mol. The number of carbonyl (C=O) groups excluding carboxylic acids is 1. The Labute approximate surface area is 124 Å². The topological polar surface area (TPSA) is 17.1 Å². The normalized spacial score (nSPS) is 18.7. The molecule has 1 aliphatic rings. The molecule has 0 bridgehead atoms. The molecule has 98 valence electrons. The van der Waals surface area contributed by atoms with Crippen LogP contribution in [0.15, 0.2) is 12.1 Å². The van der Waals surface area contributed by atoms with Crippen LogP contribution in [-0.4, -0.2) is 10.9 Å². The lowest BCUT2D eigenvalue weighted by molar-refractivity contribution is 0.0918. The van der Waals surface area contributed by atoms with Crippen LogP contribution in [0.25, 0.3) is 0 Å². The van der Waals surface area contributed by atoms with Crippen LogP contribution >= 0.6 is 44.0 Å². The molecule has 1 saturated carbocycles. The molecular weight excluding hydrogens is 309 g/mol. The third-order valence-electron chi connectivity index (χ3n) is 3.47. The summed E-state index contributed by atoms with van der Waals surface area (Å²) in [6, 6.07) is 3.24. The number of halogens is 3. The zero-order chi connectivity index (χ0) is 13.3. The van der Waals surface area contributed by atoms with E-state index in [2.05, 4.69) is 9.24 Å². The highest BCUT2D eigenvalue weighted by Crippen LogP contribution is 2.42. The minimum atomic E-state index is -0.434. The highest BCUT2D eigenvalue weighted by Gasteiger charge is 2.37. The maximum Gasteiger partial charge on any atom is 0.175 e. The molecule has 1 unspecified atom stereocenters. The molecule has 1 nitrogen and oxygen atoms in total. The molecule has 1 fully saturated rings. The molecular formula is C13H14Cl3OP. The quantitative estimate of drug-likeness (QED) is 0.404. The van der Waals surface area contributed by atoms with E-state index in [0.29, 0.717) is 15.6 Å². The van der Waals surface area contributed by atoms with E-state index in [-0.39, 0.29) is 10.8 Å². The highest BCUT2D eigenvalue weighted by molar-refractivity contribution is 7.21. The van der Waals surface area contributed by atoms with Crippen molar-refractivity contribution in [2.45, 2.75) is 37.3 Å². The van der Waals surface area contributed by atoms with E-state index >= 15 is 0 Å². The predicted octanol–water partition coefficient (Wildman–Crippen LogP) is 5.41. The Morgan fingerprint density at radius 2 is 1.61 bits per heavy atom. The fraction of sp³-hybridized carbons (Fsp3) is 0.462. The minimum Gasteiger partial charge on any atom is -0.293 e. The van der Waals surface area contributed by atoms with E-state index in [4.69, 9.17) is 34.8 Å². The molecule has 1 aromatic carbocycles. The molecule has 0 spiro atoms. The smallest absolute Gasteiger partial charge is 0.175 e. The first-order valence-electron chi connectivity index (χ1n) is 5.93. The SMILES string of the molecule is O=C(c1c(Cl)ccc(Cl)c1Cl)C1(P)CCCCC1. The Morgan fingerprint density at radius 3 is 2.22 bits per heavy atom. The van der Waals surface area contributed by atoms with Gasteiger partial charge in [0.15, 0.2) is 5.78 Å². The Kier molecular flexibility index (Phi) is 4.60. The van der Waals surface area contributed by atoms with Crippen LogP contribution in [0.2, 0.25) is 15.1 Å². The number of Topliss-reactive ketones (excluding diaryl/α,β-unsaturated/α-hetero) is 1. The van der Waals surface area contributed by atoms with Gasteiger partial charge in [-0.2, -0.15) is 0 Å². The highest BCUT2D eigenvalue weighted by atomic mass is 35.5. The summed E-state index contributed by atoms with van der Waals surface area (Å²) in [5.74, 6) is -0.00954. The van der Waals surface area contributed by atoms with Crippen LogP contribution in [0.5, 0.6) is 0 Å². The number of rotatable bonds is 2. The molecule has 0 saturated heterocycles. The van der Waals surface area contributed by atoms with Gasteiger partial charge in [0, 0.05) is 5.16 Å². The number of carbonyl (C=O) groups is 1. The van der Waals surface area contributed by atoms with Crippen LogP contribution in [-0.2, 0) is 0 Å². The molecule has 1 aromatic rings. The van der Waals surface area contributed by atoms with Crippen molar-refractivity contribution in [3.05, 3.63) is 32.8 Å². The Balaban J connectivity index is 2.42. The summed E-state index contributed by atoms with van der Waals surface area (Å²) < 4.78 is 0. The second-order valence-corrected chi connectivity index (χ2v) is 7.06. The van der Waals surface area contributed by atoms with Crippen molar-refractivity contribution in [1.82, 2.24) is 0 Å². The van der Waals surface area contributed by atoms with E-state index < -0.39 is 5.16 Å². The molecule has 5 heteroatoms. The molecule has 0 heterocycles. The van der Waals surface area contributed by atoms with Gasteiger partial charge in [0.05, 0.1) is 20.6 Å². The van der Waals surface area contributed by atoms with Crippen LogP contribution < -0.4 is 0 Å².